The Balaban J connectivity index is 3.27. The minimum absolute atomic E-state index is 0.0913. The molecule has 5 heteroatoms. The van der Waals surface area contributed by atoms with Gasteiger partial charge in [0, 0.05) is 10.2 Å². The summed E-state index contributed by atoms with van der Waals surface area (Å²) in [6.07, 6.45) is 0. The number of halogens is 1. The quantitative estimate of drug-likeness (QED) is 0.829. The minimum atomic E-state index is -3.14. The molecule has 0 heterocycles. The lowest BCUT2D eigenvalue weighted by atomic mass is 10.3. The van der Waals surface area contributed by atoms with Gasteiger partial charge in [-0.05, 0) is 34.1 Å². The van der Waals surface area contributed by atoms with Crippen LogP contribution in [0, 0.1) is 0 Å². The first-order chi connectivity index (χ1) is 5.97. The molecule has 0 saturated heterocycles. The molecule has 1 rings (SSSR count). The van der Waals surface area contributed by atoms with Crippen LogP contribution in [0.1, 0.15) is 6.92 Å². The van der Waals surface area contributed by atoms with E-state index < -0.39 is 9.84 Å². The minimum Gasteiger partial charge on any atom is -0.398 e. The van der Waals surface area contributed by atoms with Gasteiger partial charge in [-0.2, -0.15) is 0 Å². The maximum absolute atomic E-state index is 11.4. The number of rotatable bonds is 2. The molecule has 0 aromatic heterocycles. The van der Waals surface area contributed by atoms with Crippen molar-refractivity contribution >= 4 is 31.5 Å². The molecule has 1 aromatic carbocycles. The smallest absolute Gasteiger partial charge is 0.178 e. The van der Waals surface area contributed by atoms with E-state index in [2.05, 4.69) is 15.9 Å². The van der Waals surface area contributed by atoms with Crippen LogP contribution in [0.25, 0.3) is 0 Å². The Labute approximate surface area is 86.0 Å². The predicted molar refractivity (Wildman–Crippen MR) is 56.3 cm³/mol. The van der Waals surface area contributed by atoms with E-state index in [0.29, 0.717) is 10.2 Å². The van der Waals surface area contributed by atoms with Gasteiger partial charge in [-0.1, -0.05) is 6.92 Å². The Morgan fingerprint density at radius 2 is 2.08 bits per heavy atom. The second-order valence-corrected chi connectivity index (χ2v) is 5.72. The van der Waals surface area contributed by atoms with Crippen molar-refractivity contribution in [3.05, 3.63) is 22.7 Å². The van der Waals surface area contributed by atoms with E-state index in [-0.39, 0.29) is 10.6 Å². The molecule has 0 saturated carbocycles. The van der Waals surface area contributed by atoms with Gasteiger partial charge in [-0.15, -0.1) is 0 Å². The van der Waals surface area contributed by atoms with Crippen LogP contribution in [-0.4, -0.2) is 14.2 Å². The van der Waals surface area contributed by atoms with Crippen molar-refractivity contribution in [1.29, 1.82) is 0 Å². The fourth-order valence-electron chi connectivity index (χ4n) is 0.882. The monoisotopic (exact) mass is 263 g/mol. The van der Waals surface area contributed by atoms with E-state index in [1.165, 1.54) is 6.07 Å². The van der Waals surface area contributed by atoms with E-state index in [1.807, 2.05) is 0 Å². The highest BCUT2D eigenvalue weighted by atomic mass is 79.9. The third-order valence-electron chi connectivity index (χ3n) is 1.71. The largest absolute Gasteiger partial charge is 0.398 e. The maximum Gasteiger partial charge on any atom is 0.178 e. The normalized spacial score (nSPS) is 11.5. The molecule has 3 nitrogen and oxygen atoms in total. The fourth-order valence-corrected chi connectivity index (χ4v) is 2.04. The van der Waals surface area contributed by atoms with Crippen molar-refractivity contribution in [2.45, 2.75) is 11.8 Å². The van der Waals surface area contributed by atoms with Crippen LogP contribution >= 0.6 is 15.9 Å². The van der Waals surface area contributed by atoms with Crippen LogP contribution in [0.3, 0.4) is 0 Å². The number of hydrogen-bond acceptors (Lipinski definition) is 3. The molecule has 0 aliphatic rings. The van der Waals surface area contributed by atoms with Crippen molar-refractivity contribution < 1.29 is 8.42 Å². The molecule has 1 aromatic rings. The predicted octanol–water partition coefficient (Wildman–Crippen LogP) is 1.82. The Morgan fingerprint density at radius 3 is 2.54 bits per heavy atom. The summed E-state index contributed by atoms with van der Waals surface area (Å²) in [5, 5.41) is 0. The first kappa shape index (κ1) is 10.5. The van der Waals surface area contributed by atoms with E-state index in [9.17, 15) is 8.42 Å². The summed E-state index contributed by atoms with van der Waals surface area (Å²) in [5.74, 6) is 0.0913. The van der Waals surface area contributed by atoms with Crippen LogP contribution in [0.2, 0.25) is 0 Å². The van der Waals surface area contributed by atoms with Crippen molar-refractivity contribution in [3.63, 3.8) is 0 Å². The molecule has 13 heavy (non-hydrogen) atoms. The Morgan fingerprint density at radius 1 is 1.46 bits per heavy atom. The number of anilines is 1. The highest BCUT2D eigenvalue weighted by molar-refractivity contribution is 9.10. The molecule has 0 bridgehead atoms. The van der Waals surface area contributed by atoms with Crippen LogP contribution in [0.4, 0.5) is 5.69 Å². The average molecular weight is 264 g/mol. The van der Waals surface area contributed by atoms with Crippen LogP contribution < -0.4 is 5.73 Å². The van der Waals surface area contributed by atoms with Crippen molar-refractivity contribution in [1.82, 2.24) is 0 Å². The lowest BCUT2D eigenvalue weighted by Gasteiger charge is -2.03. The molecule has 2 N–H and O–H groups in total. The first-order valence-electron chi connectivity index (χ1n) is 3.75. The van der Waals surface area contributed by atoms with Crippen molar-refractivity contribution in [3.8, 4) is 0 Å². The Kier molecular flexibility index (Phi) is 2.98. The van der Waals surface area contributed by atoms with Crippen molar-refractivity contribution in [2.24, 2.45) is 0 Å². The SMILES string of the molecule is CCS(=O)(=O)c1ccc(Br)c(N)c1. The topological polar surface area (TPSA) is 60.2 Å². The van der Waals surface area contributed by atoms with E-state index in [4.69, 9.17) is 5.73 Å². The number of sulfone groups is 1. The van der Waals surface area contributed by atoms with E-state index in [1.54, 1.807) is 19.1 Å². The standard InChI is InChI=1S/C8H10BrNO2S/c1-2-13(11,12)6-3-4-7(9)8(10)5-6/h3-5H,2,10H2,1H3. The van der Waals surface area contributed by atoms with Crippen LogP contribution in [0.15, 0.2) is 27.6 Å². The van der Waals surface area contributed by atoms with E-state index in [0.717, 1.165) is 0 Å². The lowest BCUT2D eigenvalue weighted by molar-refractivity contribution is 0.597. The van der Waals surface area contributed by atoms with Crippen LogP contribution in [-0.2, 0) is 9.84 Å². The molecule has 0 fully saturated rings. The number of nitrogen functional groups attached to an aromatic ring is 1. The van der Waals surface area contributed by atoms with Gasteiger partial charge in [0.2, 0.25) is 0 Å². The number of hydrogen-bond donors (Lipinski definition) is 1. The first-order valence-corrected chi connectivity index (χ1v) is 6.19. The second-order valence-electron chi connectivity index (χ2n) is 2.59. The summed E-state index contributed by atoms with van der Waals surface area (Å²) in [7, 11) is -3.14. The summed E-state index contributed by atoms with van der Waals surface area (Å²) >= 11 is 3.20. The van der Waals surface area contributed by atoms with Gasteiger partial charge < -0.3 is 5.73 Å². The summed E-state index contributed by atoms with van der Waals surface area (Å²) in [4.78, 5) is 0.274. The van der Waals surface area contributed by atoms with Gasteiger partial charge in [0.15, 0.2) is 9.84 Å². The van der Waals surface area contributed by atoms with Gasteiger partial charge in [0.1, 0.15) is 0 Å². The third-order valence-corrected chi connectivity index (χ3v) is 4.16. The maximum atomic E-state index is 11.4. The summed E-state index contributed by atoms with van der Waals surface area (Å²) < 4.78 is 23.5. The van der Waals surface area contributed by atoms with Crippen molar-refractivity contribution in [2.75, 3.05) is 11.5 Å². The highest BCUT2D eigenvalue weighted by Gasteiger charge is 2.11. The number of benzene rings is 1. The molecule has 0 spiro atoms. The molecule has 0 aliphatic carbocycles. The molecule has 0 radical (unpaired) electrons. The number of nitrogens with two attached hydrogens (primary N) is 1. The molecule has 0 unspecified atom stereocenters. The highest BCUT2D eigenvalue weighted by Crippen LogP contribution is 2.23. The summed E-state index contributed by atoms with van der Waals surface area (Å²) in [6, 6.07) is 4.64. The van der Waals surface area contributed by atoms with Gasteiger partial charge in [0.25, 0.3) is 0 Å². The molecular weight excluding hydrogens is 254 g/mol. The average Bonchev–Trinajstić information content (AvgIpc) is 2.09. The summed E-state index contributed by atoms with van der Waals surface area (Å²) in [6.45, 7) is 1.60. The zero-order chi connectivity index (χ0) is 10.1. The zero-order valence-electron chi connectivity index (χ0n) is 7.12. The fraction of sp³-hybridized carbons (Fsp3) is 0.250. The second kappa shape index (κ2) is 3.67. The molecular formula is C8H10BrNO2S. The Bertz CT molecular complexity index is 414. The molecule has 72 valence electrons. The Hall–Kier alpha value is -0.550. The summed E-state index contributed by atoms with van der Waals surface area (Å²) in [5.41, 5.74) is 6.00. The van der Waals surface area contributed by atoms with Crippen LogP contribution in [0.5, 0.6) is 0 Å². The third kappa shape index (κ3) is 2.22. The zero-order valence-corrected chi connectivity index (χ0v) is 9.52. The van der Waals surface area contributed by atoms with E-state index >= 15 is 0 Å². The molecule has 0 atom stereocenters. The van der Waals surface area contributed by atoms with Gasteiger partial charge in [0.05, 0.1) is 10.6 Å². The van der Waals surface area contributed by atoms with Gasteiger partial charge >= 0.3 is 0 Å². The molecule has 0 amide bonds. The van der Waals surface area contributed by atoms with Gasteiger partial charge in [-0.25, -0.2) is 8.42 Å². The van der Waals surface area contributed by atoms with Gasteiger partial charge in [-0.3, -0.25) is 0 Å². The molecule has 0 aliphatic heterocycles. The lowest BCUT2D eigenvalue weighted by Crippen LogP contribution is -2.04.